The average molecular weight is 439 g/mol. The summed E-state index contributed by atoms with van der Waals surface area (Å²) in [5, 5.41) is 3.93. The van der Waals surface area contributed by atoms with Gasteiger partial charge in [0.2, 0.25) is 5.89 Å². The maximum atomic E-state index is 5.37. The molecule has 1 aliphatic heterocycles. The van der Waals surface area contributed by atoms with Crippen LogP contribution in [0, 0.1) is 6.92 Å². The highest BCUT2D eigenvalue weighted by Crippen LogP contribution is 2.33. The van der Waals surface area contributed by atoms with Crippen molar-refractivity contribution in [1.82, 2.24) is 18.8 Å². The van der Waals surface area contributed by atoms with Crippen LogP contribution in [0.2, 0.25) is 0 Å². The third-order valence-electron chi connectivity index (χ3n) is 4.27. The van der Waals surface area contributed by atoms with Crippen molar-refractivity contribution in [2.24, 2.45) is 0 Å². The van der Waals surface area contributed by atoms with Crippen LogP contribution in [0.1, 0.15) is 72.0 Å². The maximum Gasteiger partial charge on any atom is 0.231 e. The molecule has 1 saturated heterocycles. The minimum absolute atomic E-state index is 0.347. The molecule has 1 fully saturated rings. The van der Waals surface area contributed by atoms with Gasteiger partial charge in [-0.15, -0.1) is 0 Å². The Balaban J connectivity index is 0.000000989. The SMILES string of the molecule is CC.CC.CCN(CC)Sc1ccc(SN2CCCC(c3nc(C)no3)C2)cc1. The lowest BCUT2D eigenvalue weighted by Crippen LogP contribution is -2.29. The van der Waals surface area contributed by atoms with E-state index in [0.717, 1.165) is 50.7 Å². The van der Waals surface area contributed by atoms with Gasteiger partial charge in [-0.05, 0) is 67.9 Å². The predicted molar refractivity (Wildman–Crippen MR) is 126 cm³/mol. The molecule has 0 radical (unpaired) electrons. The van der Waals surface area contributed by atoms with Crippen LogP contribution in [-0.4, -0.2) is 44.9 Å². The van der Waals surface area contributed by atoms with E-state index in [1.54, 1.807) is 0 Å². The lowest BCUT2D eigenvalue weighted by Gasteiger charge is -2.29. The molecule has 5 nitrogen and oxygen atoms in total. The van der Waals surface area contributed by atoms with Gasteiger partial charge in [0.25, 0.3) is 0 Å². The highest BCUT2D eigenvalue weighted by atomic mass is 32.2. The number of aromatic nitrogens is 2. The van der Waals surface area contributed by atoms with Crippen LogP contribution in [0.25, 0.3) is 0 Å². The Bertz CT molecular complexity index is 659. The van der Waals surface area contributed by atoms with E-state index in [9.17, 15) is 0 Å². The van der Waals surface area contributed by atoms with Crippen molar-refractivity contribution in [2.75, 3.05) is 26.2 Å². The van der Waals surface area contributed by atoms with Crippen LogP contribution in [0.5, 0.6) is 0 Å². The molecule has 1 aliphatic rings. The molecule has 29 heavy (non-hydrogen) atoms. The van der Waals surface area contributed by atoms with Crippen molar-refractivity contribution in [2.45, 2.75) is 77.0 Å². The van der Waals surface area contributed by atoms with Crippen molar-refractivity contribution in [1.29, 1.82) is 0 Å². The quantitative estimate of drug-likeness (QED) is 0.447. The molecule has 0 aliphatic carbocycles. The van der Waals surface area contributed by atoms with E-state index in [2.05, 4.69) is 56.9 Å². The summed E-state index contributed by atoms with van der Waals surface area (Å²) in [6.45, 7) is 18.4. The first-order valence-corrected chi connectivity index (χ1v) is 12.5. The standard InChI is InChI=1S/C18H26N4OS2.2C2H6/c1-4-21(5-2)24-16-8-10-17(11-9-16)25-22-12-6-7-15(13-22)18-19-14(3)20-23-18;2*1-2/h8-11,15H,4-7,12-13H2,1-3H3;2*1-2H3. The minimum Gasteiger partial charge on any atom is -0.339 e. The molecule has 1 aromatic carbocycles. The van der Waals surface area contributed by atoms with Gasteiger partial charge in [0.1, 0.15) is 0 Å². The largest absolute Gasteiger partial charge is 0.339 e. The molecule has 3 rings (SSSR count). The molecule has 1 aromatic heterocycles. The van der Waals surface area contributed by atoms with Gasteiger partial charge in [0.15, 0.2) is 5.82 Å². The Morgan fingerprint density at radius 2 is 1.69 bits per heavy atom. The van der Waals surface area contributed by atoms with Crippen molar-refractivity contribution in [3.8, 4) is 0 Å². The van der Waals surface area contributed by atoms with Crippen LogP contribution in [0.3, 0.4) is 0 Å². The first kappa shape index (κ1) is 26.0. The van der Waals surface area contributed by atoms with Crippen molar-refractivity contribution in [3.05, 3.63) is 36.0 Å². The van der Waals surface area contributed by atoms with Gasteiger partial charge in [0, 0.05) is 36.0 Å². The maximum absolute atomic E-state index is 5.37. The number of hydrogen-bond donors (Lipinski definition) is 0. The van der Waals surface area contributed by atoms with E-state index >= 15 is 0 Å². The first-order chi connectivity index (χ1) is 14.2. The number of rotatable bonds is 7. The molecule has 1 unspecified atom stereocenters. The second kappa shape index (κ2) is 14.9. The molecule has 0 saturated carbocycles. The minimum atomic E-state index is 0.347. The van der Waals surface area contributed by atoms with E-state index in [1.165, 1.54) is 9.79 Å². The number of aryl methyl sites for hydroxylation is 1. The molecule has 0 amide bonds. The molecule has 2 heterocycles. The molecule has 164 valence electrons. The highest BCUT2D eigenvalue weighted by molar-refractivity contribution is 7.97. The molecule has 0 bridgehead atoms. The van der Waals surface area contributed by atoms with Gasteiger partial charge in [-0.3, -0.25) is 0 Å². The second-order valence-corrected chi connectivity index (χ2v) is 8.52. The van der Waals surface area contributed by atoms with Gasteiger partial charge in [-0.1, -0.05) is 46.7 Å². The highest BCUT2D eigenvalue weighted by Gasteiger charge is 2.26. The normalized spacial score (nSPS) is 16.6. The predicted octanol–water partition coefficient (Wildman–Crippen LogP) is 6.67. The topological polar surface area (TPSA) is 45.4 Å². The zero-order chi connectivity index (χ0) is 21.6. The molecular weight excluding hydrogens is 400 g/mol. The van der Waals surface area contributed by atoms with Gasteiger partial charge in [-0.25, -0.2) is 8.61 Å². The van der Waals surface area contributed by atoms with Crippen molar-refractivity contribution >= 4 is 23.9 Å². The molecule has 1 atom stereocenters. The van der Waals surface area contributed by atoms with E-state index < -0.39 is 0 Å². The lowest BCUT2D eigenvalue weighted by atomic mass is 10.00. The van der Waals surface area contributed by atoms with E-state index in [1.807, 2.05) is 58.5 Å². The Labute approximate surface area is 186 Å². The Hall–Kier alpha value is -1.02. The zero-order valence-electron chi connectivity index (χ0n) is 19.1. The summed E-state index contributed by atoms with van der Waals surface area (Å²) in [4.78, 5) is 6.99. The van der Waals surface area contributed by atoms with Gasteiger partial charge in [-0.2, -0.15) is 4.98 Å². The van der Waals surface area contributed by atoms with Crippen LogP contribution < -0.4 is 0 Å². The summed E-state index contributed by atoms with van der Waals surface area (Å²) in [6, 6.07) is 8.87. The smallest absolute Gasteiger partial charge is 0.231 e. The van der Waals surface area contributed by atoms with Crippen LogP contribution in [0.4, 0.5) is 0 Å². The monoisotopic (exact) mass is 438 g/mol. The summed E-state index contributed by atoms with van der Waals surface area (Å²) in [6.07, 6.45) is 2.28. The van der Waals surface area contributed by atoms with E-state index in [-0.39, 0.29) is 0 Å². The average Bonchev–Trinajstić information content (AvgIpc) is 3.22. The van der Waals surface area contributed by atoms with Gasteiger partial charge >= 0.3 is 0 Å². The van der Waals surface area contributed by atoms with E-state index in [4.69, 9.17) is 4.52 Å². The van der Waals surface area contributed by atoms with Crippen molar-refractivity contribution < 1.29 is 4.52 Å². The van der Waals surface area contributed by atoms with Gasteiger partial charge in [0.05, 0.1) is 5.92 Å². The second-order valence-electron chi connectivity index (χ2n) is 6.18. The molecule has 2 aromatic rings. The van der Waals surface area contributed by atoms with Crippen LogP contribution in [0.15, 0.2) is 38.6 Å². The summed E-state index contributed by atoms with van der Waals surface area (Å²) >= 11 is 3.66. The summed E-state index contributed by atoms with van der Waals surface area (Å²) < 4.78 is 10.1. The third-order valence-corrected chi connectivity index (χ3v) is 6.61. The van der Waals surface area contributed by atoms with Crippen LogP contribution in [-0.2, 0) is 0 Å². The molecule has 7 heteroatoms. The van der Waals surface area contributed by atoms with Crippen LogP contribution >= 0.6 is 23.9 Å². The van der Waals surface area contributed by atoms with Crippen molar-refractivity contribution in [3.63, 3.8) is 0 Å². The lowest BCUT2D eigenvalue weighted by molar-refractivity contribution is 0.277. The summed E-state index contributed by atoms with van der Waals surface area (Å²) in [7, 11) is 0. The third kappa shape index (κ3) is 8.70. The fraction of sp³-hybridized carbons (Fsp3) is 0.636. The Morgan fingerprint density at radius 3 is 2.24 bits per heavy atom. The van der Waals surface area contributed by atoms with Gasteiger partial charge < -0.3 is 4.52 Å². The number of nitrogens with zero attached hydrogens (tertiary/aromatic N) is 4. The Morgan fingerprint density at radius 1 is 1.07 bits per heavy atom. The zero-order valence-corrected chi connectivity index (χ0v) is 20.8. The summed E-state index contributed by atoms with van der Waals surface area (Å²) in [5.74, 6) is 1.86. The molecule has 0 N–H and O–H groups in total. The molecular formula is C22H38N4OS2. The summed E-state index contributed by atoms with van der Waals surface area (Å²) in [5.41, 5.74) is 0. The van der Waals surface area contributed by atoms with E-state index in [0.29, 0.717) is 5.92 Å². The number of piperidine rings is 1. The molecule has 0 spiro atoms. The number of benzene rings is 1. The fourth-order valence-electron chi connectivity index (χ4n) is 2.92. The Kier molecular flexibility index (Phi) is 13.4. The first-order valence-electron chi connectivity index (χ1n) is 10.9. The fourth-order valence-corrected chi connectivity index (χ4v) is 4.76. The number of hydrogen-bond acceptors (Lipinski definition) is 7.